The summed E-state index contributed by atoms with van der Waals surface area (Å²) in [6.07, 6.45) is 0. The van der Waals surface area contributed by atoms with Crippen molar-refractivity contribution in [3.05, 3.63) is 34.3 Å². The molecule has 1 saturated heterocycles. The van der Waals surface area contributed by atoms with Gasteiger partial charge in [-0.05, 0) is 30.2 Å². The molecule has 1 aliphatic heterocycles. The first-order valence-electron chi connectivity index (χ1n) is 4.73. The zero-order valence-corrected chi connectivity index (χ0v) is 9.34. The van der Waals surface area contributed by atoms with Crippen molar-refractivity contribution in [3.8, 4) is 0 Å². The zero-order valence-electron chi connectivity index (χ0n) is 7.76. The third kappa shape index (κ3) is 1.94. The summed E-state index contributed by atoms with van der Waals surface area (Å²) in [6, 6.07) is 8.69. The lowest BCUT2D eigenvalue weighted by molar-refractivity contribution is 0.572. The maximum Gasteiger partial charge on any atom is 0.0175 e. The van der Waals surface area contributed by atoms with Gasteiger partial charge in [-0.3, -0.25) is 0 Å². The van der Waals surface area contributed by atoms with Crippen LogP contribution in [0.3, 0.4) is 0 Å². The molecule has 0 radical (unpaired) electrons. The molecule has 0 aliphatic carbocycles. The third-order valence-corrected chi connectivity index (χ3v) is 3.34. The predicted octanol–water partition coefficient (Wildman–Crippen LogP) is 2.77. The normalized spacial score (nSPS) is 27.8. The summed E-state index contributed by atoms with van der Waals surface area (Å²) in [7, 11) is 0. The molecule has 13 heavy (non-hydrogen) atoms. The molecule has 0 saturated carbocycles. The van der Waals surface area contributed by atoms with Crippen molar-refractivity contribution in [2.75, 3.05) is 13.1 Å². The maximum absolute atomic E-state index is 3.45. The highest BCUT2D eigenvalue weighted by Crippen LogP contribution is 2.28. The van der Waals surface area contributed by atoms with Gasteiger partial charge < -0.3 is 5.32 Å². The van der Waals surface area contributed by atoms with Crippen LogP contribution in [0.5, 0.6) is 0 Å². The van der Waals surface area contributed by atoms with Crippen molar-refractivity contribution in [1.82, 2.24) is 5.32 Å². The fourth-order valence-corrected chi connectivity index (χ4v) is 2.23. The van der Waals surface area contributed by atoms with Crippen LogP contribution in [-0.4, -0.2) is 13.1 Å². The standard InChI is InChI=1S/C11H14BrN/c1-8-6-13-7-11(8)9-2-4-10(12)5-3-9/h2-5,8,11,13H,6-7H2,1H3/t8-,11-/m1/s1. The largest absolute Gasteiger partial charge is 0.316 e. The van der Waals surface area contributed by atoms with Crippen molar-refractivity contribution in [3.63, 3.8) is 0 Å². The van der Waals surface area contributed by atoms with Crippen LogP contribution < -0.4 is 5.32 Å². The van der Waals surface area contributed by atoms with Crippen molar-refractivity contribution in [2.24, 2.45) is 5.92 Å². The summed E-state index contributed by atoms with van der Waals surface area (Å²) in [4.78, 5) is 0. The third-order valence-electron chi connectivity index (χ3n) is 2.82. The molecule has 1 aliphatic rings. The molecular weight excluding hydrogens is 226 g/mol. The minimum absolute atomic E-state index is 0.702. The molecule has 0 amide bonds. The van der Waals surface area contributed by atoms with Gasteiger partial charge in [-0.25, -0.2) is 0 Å². The Morgan fingerprint density at radius 1 is 1.23 bits per heavy atom. The first-order chi connectivity index (χ1) is 6.27. The number of hydrogen-bond acceptors (Lipinski definition) is 1. The molecule has 0 aromatic heterocycles. The maximum atomic E-state index is 3.45. The van der Waals surface area contributed by atoms with Gasteiger partial charge in [0.1, 0.15) is 0 Å². The SMILES string of the molecule is C[C@@H]1CNC[C@H]1c1ccc(Br)cc1. The van der Waals surface area contributed by atoms with Crippen LogP contribution in [0.1, 0.15) is 18.4 Å². The summed E-state index contributed by atoms with van der Waals surface area (Å²) in [5, 5.41) is 3.42. The smallest absolute Gasteiger partial charge is 0.0175 e. The molecule has 1 heterocycles. The molecule has 1 N–H and O–H groups in total. The molecule has 2 atom stereocenters. The molecule has 1 aromatic rings. The lowest BCUT2D eigenvalue weighted by Gasteiger charge is -2.14. The second kappa shape index (κ2) is 3.81. The minimum Gasteiger partial charge on any atom is -0.316 e. The predicted molar refractivity (Wildman–Crippen MR) is 58.9 cm³/mol. The number of rotatable bonds is 1. The van der Waals surface area contributed by atoms with Crippen LogP contribution in [0.15, 0.2) is 28.7 Å². The highest BCUT2D eigenvalue weighted by atomic mass is 79.9. The molecule has 2 rings (SSSR count). The monoisotopic (exact) mass is 239 g/mol. The summed E-state index contributed by atoms with van der Waals surface area (Å²) in [5.41, 5.74) is 1.46. The van der Waals surface area contributed by atoms with Gasteiger partial charge >= 0.3 is 0 Å². The average Bonchev–Trinajstić information content (AvgIpc) is 2.53. The number of nitrogens with one attached hydrogen (secondary N) is 1. The van der Waals surface area contributed by atoms with Crippen molar-refractivity contribution >= 4 is 15.9 Å². The molecule has 1 nitrogen and oxygen atoms in total. The Balaban J connectivity index is 2.20. The second-order valence-electron chi connectivity index (χ2n) is 3.79. The quantitative estimate of drug-likeness (QED) is 0.795. The Morgan fingerprint density at radius 3 is 2.46 bits per heavy atom. The summed E-state index contributed by atoms with van der Waals surface area (Å²) in [6.45, 7) is 4.59. The molecule has 0 unspecified atom stereocenters. The topological polar surface area (TPSA) is 12.0 Å². The summed E-state index contributed by atoms with van der Waals surface area (Å²) in [5.74, 6) is 1.47. The first kappa shape index (κ1) is 9.22. The Kier molecular flexibility index (Phi) is 2.70. The van der Waals surface area contributed by atoms with Gasteiger partial charge in [0.05, 0.1) is 0 Å². The van der Waals surface area contributed by atoms with E-state index in [0.29, 0.717) is 5.92 Å². The van der Waals surface area contributed by atoms with E-state index in [1.807, 2.05) is 0 Å². The van der Waals surface area contributed by atoms with Gasteiger partial charge in [0, 0.05) is 16.9 Å². The first-order valence-corrected chi connectivity index (χ1v) is 5.53. The lowest BCUT2D eigenvalue weighted by Crippen LogP contribution is -2.07. The van der Waals surface area contributed by atoms with Crippen LogP contribution in [0.4, 0.5) is 0 Å². The highest BCUT2D eigenvalue weighted by Gasteiger charge is 2.23. The molecule has 1 aromatic carbocycles. The number of halogens is 1. The van der Waals surface area contributed by atoms with Crippen molar-refractivity contribution < 1.29 is 0 Å². The van der Waals surface area contributed by atoms with Crippen molar-refractivity contribution in [1.29, 1.82) is 0 Å². The van der Waals surface area contributed by atoms with Gasteiger partial charge in [-0.15, -0.1) is 0 Å². The van der Waals surface area contributed by atoms with Crippen LogP contribution in [0.2, 0.25) is 0 Å². The Morgan fingerprint density at radius 2 is 1.92 bits per heavy atom. The van der Waals surface area contributed by atoms with Gasteiger partial charge in [0.25, 0.3) is 0 Å². The van der Waals surface area contributed by atoms with Gasteiger partial charge in [0.15, 0.2) is 0 Å². The minimum atomic E-state index is 0.702. The second-order valence-corrected chi connectivity index (χ2v) is 4.71. The zero-order chi connectivity index (χ0) is 9.26. The molecule has 70 valence electrons. The van der Waals surface area contributed by atoms with E-state index in [4.69, 9.17) is 0 Å². The van der Waals surface area contributed by atoms with Gasteiger partial charge in [0.2, 0.25) is 0 Å². The summed E-state index contributed by atoms with van der Waals surface area (Å²) < 4.78 is 1.16. The fraction of sp³-hybridized carbons (Fsp3) is 0.455. The molecule has 2 heteroatoms. The average molecular weight is 240 g/mol. The fourth-order valence-electron chi connectivity index (χ4n) is 1.97. The highest BCUT2D eigenvalue weighted by molar-refractivity contribution is 9.10. The van der Waals surface area contributed by atoms with Crippen LogP contribution in [-0.2, 0) is 0 Å². The van der Waals surface area contributed by atoms with E-state index in [-0.39, 0.29) is 0 Å². The van der Waals surface area contributed by atoms with Crippen molar-refractivity contribution in [2.45, 2.75) is 12.8 Å². The molecule has 0 bridgehead atoms. The Labute approximate surface area is 87.7 Å². The van der Waals surface area contributed by atoms with Crippen LogP contribution >= 0.6 is 15.9 Å². The lowest BCUT2D eigenvalue weighted by atomic mass is 9.90. The Hall–Kier alpha value is -0.340. The number of benzene rings is 1. The van der Waals surface area contributed by atoms with E-state index < -0.39 is 0 Å². The van der Waals surface area contributed by atoms with Gasteiger partial charge in [-0.2, -0.15) is 0 Å². The van der Waals surface area contributed by atoms with E-state index >= 15 is 0 Å². The molecule has 1 fully saturated rings. The number of hydrogen-bond donors (Lipinski definition) is 1. The van der Waals surface area contributed by atoms with E-state index in [9.17, 15) is 0 Å². The van der Waals surface area contributed by atoms with E-state index in [2.05, 4.69) is 52.4 Å². The van der Waals surface area contributed by atoms with E-state index in [1.54, 1.807) is 0 Å². The van der Waals surface area contributed by atoms with Gasteiger partial charge in [-0.1, -0.05) is 35.0 Å². The summed E-state index contributed by atoms with van der Waals surface area (Å²) >= 11 is 3.45. The molecular formula is C11H14BrN. The van der Waals surface area contributed by atoms with E-state index in [1.165, 1.54) is 5.56 Å². The van der Waals surface area contributed by atoms with E-state index in [0.717, 1.165) is 23.5 Å². The van der Waals surface area contributed by atoms with Crippen LogP contribution in [0, 0.1) is 5.92 Å². The Bertz CT molecular complexity index is 281. The van der Waals surface area contributed by atoms with Crippen LogP contribution in [0.25, 0.3) is 0 Å². The molecule has 0 spiro atoms.